The molecule has 14 heavy (non-hydrogen) atoms. The number of ether oxygens (including phenoxy) is 2. The Balaban J connectivity index is 0.00000169. The topological polar surface area (TPSA) is 55.8 Å². The molecule has 0 aromatic heterocycles. The van der Waals surface area contributed by atoms with Gasteiger partial charge in [0.05, 0.1) is 0 Å². The molecule has 0 fully saturated rings. The molecule has 0 amide bonds. The smallest absolute Gasteiger partial charge is 0.490 e. The van der Waals surface area contributed by atoms with Crippen LogP contribution >= 0.6 is 12.4 Å². The van der Waals surface area contributed by atoms with Crippen molar-refractivity contribution in [3.05, 3.63) is 30.3 Å². The standard InChI is InChI=1S/C9H10O4.ClH/c10-9(11)13-7-6-12-8-4-2-1-3-5-8;/h1-5H,6-7H2,(H,10,11);1H. The van der Waals surface area contributed by atoms with Crippen LogP contribution in [0.5, 0.6) is 5.75 Å². The molecule has 0 saturated heterocycles. The molecule has 0 heterocycles. The average Bonchev–Trinajstić information content (AvgIpc) is 2.14. The van der Waals surface area contributed by atoms with E-state index >= 15 is 0 Å². The highest BCUT2D eigenvalue weighted by Crippen LogP contribution is 2.07. The number of para-hydroxylation sites is 1. The molecular formula is C9H11ClO4. The van der Waals surface area contributed by atoms with Crippen molar-refractivity contribution in [1.29, 1.82) is 0 Å². The zero-order valence-corrected chi connectivity index (χ0v) is 8.20. The quantitative estimate of drug-likeness (QED) is 0.622. The molecule has 1 aromatic rings. The summed E-state index contributed by atoms with van der Waals surface area (Å²) in [5.41, 5.74) is 0. The summed E-state index contributed by atoms with van der Waals surface area (Å²) in [5, 5.41) is 8.13. The molecule has 0 radical (unpaired) electrons. The van der Waals surface area contributed by atoms with Crippen LogP contribution in [0.25, 0.3) is 0 Å². The summed E-state index contributed by atoms with van der Waals surface area (Å²) in [6.45, 7) is 0.278. The molecule has 4 nitrogen and oxygen atoms in total. The minimum absolute atomic E-state index is 0. The molecule has 0 aliphatic heterocycles. The Bertz CT molecular complexity index is 263. The Morgan fingerprint density at radius 2 is 1.86 bits per heavy atom. The lowest BCUT2D eigenvalue weighted by atomic mass is 10.3. The predicted molar refractivity (Wildman–Crippen MR) is 53.2 cm³/mol. The second-order valence-electron chi connectivity index (χ2n) is 2.28. The third-order valence-electron chi connectivity index (χ3n) is 1.32. The third kappa shape index (κ3) is 5.27. The molecule has 0 spiro atoms. The average molecular weight is 219 g/mol. The highest BCUT2D eigenvalue weighted by molar-refractivity contribution is 5.85. The van der Waals surface area contributed by atoms with Gasteiger partial charge in [-0.3, -0.25) is 0 Å². The molecule has 78 valence electrons. The number of rotatable bonds is 4. The van der Waals surface area contributed by atoms with Gasteiger partial charge >= 0.3 is 6.16 Å². The fraction of sp³-hybridized carbons (Fsp3) is 0.222. The summed E-state index contributed by atoms with van der Waals surface area (Å²) in [4.78, 5) is 9.93. The van der Waals surface area contributed by atoms with Crippen molar-refractivity contribution in [2.45, 2.75) is 0 Å². The van der Waals surface area contributed by atoms with Gasteiger partial charge in [0.2, 0.25) is 0 Å². The van der Waals surface area contributed by atoms with Crippen LogP contribution in [0.3, 0.4) is 0 Å². The van der Waals surface area contributed by atoms with Gasteiger partial charge in [0.25, 0.3) is 0 Å². The van der Waals surface area contributed by atoms with Crippen LogP contribution in [0.1, 0.15) is 0 Å². The minimum atomic E-state index is -1.28. The van der Waals surface area contributed by atoms with Gasteiger partial charge in [0.1, 0.15) is 19.0 Å². The molecule has 1 aromatic carbocycles. The van der Waals surface area contributed by atoms with Crippen molar-refractivity contribution in [2.75, 3.05) is 13.2 Å². The highest BCUT2D eigenvalue weighted by Gasteiger charge is 1.95. The van der Waals surface area contributed by atoms with Crippen molar-refractivity contribution >= 4 is 18.6 Å². The number of carbonyl (C=O) groups is 1. The number of carboxylic acid groups (broad SMARTS) is 1. The number of hydrogen-bond acceptors (Lipinski definition) is 3. The Kier molecular flexibility index (Phi) is 6.32. The van der Waals surface area contributed by atoms with Gasteiger partial charge < -0.3 is 14.6 Å². The first-order valence-corrected chi connectivity index (χ1v) is 3.82. The zero-order valence-electron chi connectivity index (χ0n) is 7.38. The summed E-state index contributed by atoms with van der Waals surface area (Å²) in [6.07, 6.45) is -1.28. The molecule has 0 aliphatic carbocycles. The van der Waals surface area contributed by atoms with Gasteiger partial charge in [-0.05, 0) is 12.1 Å². The first-order chi connectivity index (χ1) is 6.29. The van der Waals surface area contributed by atoms with Crippen molar-refractivity contribution in [3.8, 4) is 5.75 Å². The highest BCUT2D eigenvalue weighted by atomic mass is 35.5. The Morgan fingerprint density at radius 1 is 1.21 bits per heavy atom. The molecule has 0 atom stereocenters. The van der Waals surface area contributed by atoms with Crippen LogP contribution in [0.2, 0.25) is 0 Å². The largest absolute Gasteiger partial charge is 0.505 e. The number of halogens is 1. The maximum Gasteiger partial charge on any atom is 0.505 e. The molecule has 1 N–H and O–H groups in total. The monoisotopic (exact) mass is 218 g/mol. The van der Waals surface area contributed by atoms with Crippen LogP contribution in [0.15, 0.2) is 30.3 Å². The van der Waals surface area contributed by atoms with Crippen LogP contribution in [-0.2, 0) is 4.74 Å². The van der Waals surface area contributed by atoms with Crippen LogP contribution in [0.4, 0.5) is 4.79 Å². The summed E-state index contributed by atoms with van der Waals surface area (Å²) in [6, 6.07) is 9.14. The molecule has 0 saturated carbocycles. The molecule has 0 bridgehead atoms. The number of hydrogen-bond donors (Lipinski definition) is 1. The molecule has 1 rings (SSSR count). The van der Waals surface area contributed by atoms with Gasteiger partial charge in [0, 0.05) is 0 Å². The van der Waals surface area contributed by atoms with E-state index in [4.69, 9.17) is 9.84 Å². The minimum Gasteiger partial charge on any atom is -0.490 e. The summed E-state index contributed by atoms with van der Waals surface area (Å²) in [5.74, 6) is 0.705. The van der Waals surface area contributed by atoms with E-state index in [2.05, 4.69) is 4.74 Å². The van der Waals surface area contributed by atoms with E-state index in [-0.39, 0.29) is 25.6 Å². The maximum absolute atomic E-state index is 9.93. The van der Waals surface area contributed by atoms with Crippen LogP contribution in [0, 0.1) is 0 Å². The van der Waals surface area contributed by atoms with Crippen molar-refractivity contribution < 1.29 is 19.4 Å². The fourth-order valence-electron chi connectivity index (χ4n) is 0.805. The van der Waals surface area contributed by atoms with Gasteiger partial charge in [0.15, 0.2) is 0 Å². The van der Waals surface area contributed by atoms with E-state index in [9.17, 15) is 4.79 Å². The van der Waals surface area contributed by atoms with Gasteiger partial charge in [-0.2, -0.15) is 0 Å². The molecule has 0 aliphatic rings. The van der Waals surface area contributed by atoms with Gasteiger partial charge in [-0.25, -0.2) is 4.79 Å². The van der Waals surface area contributed by atoms with Gasteiger partial charge in [-0.1, -0.05) is 18.2 Å². The first kappa shape index (κ1) is 12.6. The number of benzene rings is 1. The van der Waals surface area contributed by atoms with Gasteiger partial charge in [-0.15, -0.1) is 12.4 Å². The normalized spacial score (nSPS) is 8.57. The van der Waals surface area contributed by atoms with Crippen LogP contribution < -0.4 is 4.74 Å². The SMILES string of the molecule is Cl.O=C(O)OCCOc1ccccc1. The lowest BCUT2D eigenvalue weighted by molar-refractivity contribution is 0.0781. The lowest BCUT2D eigenvalue weighted by Crippen LogP contribution is -2.09. The van der Waals surface area contributed by atoms with E-state index < -0.39 is 6.16 Å². The maximum atomic E-state index is 9.93. The third-order valence-corrected chi connectivity index (χ3v) is 1.32. The van der Waals surface area contributed by atoms with E-state index in [1.165, 1.54) is 0 Å². The Labute approximate surface area is 87.9 Å². The Hall–Kier alpha value is -1.42. The van der Waals surface area contributed by atoms with Crippen molar-refractivity contribution in [3.63, 3.8) is 0 Å². The summed E-state index contributed by atoms with van der Waals surface area (Å²) in [7, 11) is 0. The van der Waals surface area contributed by atoms with Crippen LogP contribution in [-0.4, -0.2) is 24.5 Å². The zero-order chi connectivity index (χ0) is 9.52. The summed E-state index contributed by atoms with van der Waals surface area (Å²) >= 11 is 0. The lowest BCUT2D eigenvalue weighted by Gasteiger charge is -2.04. The molecule has 5 heteroatoms. The summed E-state index contributed by atoms with van der Waals surface area (Å²) < 4.78 is 9.42. The van der Waals surface area contributed by atoms with E-state index in [0.717, 1.165) is 0 Å². The molecule has 0 unspecified atom stereocenters. The fourth-order valence-corrected chi connectivity index (χ4v) is 0.805. The predicted octanol–water partition coefficient (Wildman–Crippen LogP) is 2.18. The first-order valence-electron chi connectivity index (χ1n) is 3.82. The van der Waals surface area contributed by atoms with Crippen molar-refractivity contribution in [1.82, 2.24) is 0 Å². The van der Waals surface area contributed by atoms with E-state index in [0.29, 0.717) is 5.75 Å². The van der Waals surface area contributed by atoms with E-state index in [1.54, 1.807) is 12.1 Å². The second-order valence-corrected chi connectivity index (χ2v) is 2.28. The molecular weight excluding hydrogens is 208 g/mol. The Morgan fingerprint density at radius 3 is 2.43 bits per heavy atom. The van der Waals surface area contributed by atoms with E-state index in [1.807, 2.05) is 18.2 Å². The van der Waals surface area contributed by atoms with Crippen molar-refractivity contribution in [2.24, 2.45) is 0 Å². The second kappa shape index (κ2) is 7.03.